The van der Waals surface area contributed by atoms with Gasteiger partial charge in [0.25, 0.3) is 6.47 Å². The minimum Gasteiger partial charge on any atom is -0.476 e. The molecule has 0 fully saturated rings. The van der Waals surface area contributed by atoms with Crippen LogP contribution in [0.3, 0.4) is 0 Å². The Morgan fingerprint density at radius 1 is 1.07 bits per heavy atom. The fourth-order valence-corrected chi connectivity index (χ4v) is 3.63. The van der Waals surface area contributed by atoms with E-state index in [0.29, 0.717) is 37.8 Å². The molecule has 4 rings (SSSR count). The zero-order valence-corrected chi connectivity index (χ0v) is 16.8. The minimum atomic E-state index is 0.395. The summed E-state index contributed by atoms with van der Waals surface area (Å²) in [5.74, 6) is 0.877. The van der Waals surface area contributed by atoms with E-state index in [0.717, 1.165) is 34.1 Å². The second-order valence-corrected chi connectivity index (χ2v) is 7.09. The third kappa shape index (κ3) is 4.27. The Bertz CT molecular complexity index is 1110. The molecule has 0 unspecified atom stereocenters. The van der Waals surface area contributed by atoms with Gasteiger partial charge < -0.3 is 9.47 Å². The van der Waals surface area contributed by atoms with Crippen LogP contribution < -0.4 is 9.47 Å². The van der Waals surface area contributed by atoms with Crippen LogP contribution in [0.4, 0.5) is 0 Å². The highest BCUT2D eigenvalue weighted by Crippen LogP contribution is 2.32. The summed E-state index contributed by atoms with van der Waals surface area (Å²) in [7, 11) is 0. The van der Waals surface area contributed by atoms with Crippen LogP contribution in [0, 0.1) is 0 Å². The summed E-state index contributed by atoms with van der Waals surface area (Å²) < 4.78 is 21.5. The highest BCUT2D eigenvalue weighted by atomic mass is 32.1. The van der Waals surface area contributed by atoms with Crippen LogP contribution in [0.2, 0.25) is 0 Å². The fraction of sp³-hybridized carbons (Fsp3) is 0.238. The van der Waals surface area contributed by atoms with Crippen LogP contribution in [0.25, 0.3) is 11.0 Å². The smallest absolute Gasteiger partial charge is 0.299 e. The first-order valence-corrected chi connectivity index (χ1v) is 10.1. The number of fused-ring (bicyclic) bond motifs is 1. The first-order valence-electron chi connectivity index (χ1n) is 9.36. The topological polar surface area (TPSA) is 79.1 Å². The van der Waals surface area contributed by atoms with Gasteiger partial charge in [-0.05, 0) is 29.7 Å². The molecule has 0 saturated carbocycles. The van der Waals surface area contributed by atoms with E-state index in [2.05, 4.69) is 13.8 Å². The number of carbonyl (C=O) groups excluding carboxylic acids is 1. The highest BCUT2D eigenvalue weighted by molar-refractivity contribution is 7.00. The Kier molecular flexibility index (Phi) is 5.81. The second kappa shape index (κ2) is 8.83. The Hall–Kier alpha value is -3.26. The summed E-state index contributed by atoms with van der Waals surface area (Å²) in [6, 6.07) is 15.8. The van der Waals surface area contributed by atoms with Crippen molar-refractivity contribution in [2.75, 3.05) is 6.61 Å². The fourth-order valence-electron chi connectivity index (χ4n) is 3.11. The van der Waals surface area contributed by atoms with Crippen molar-refractivity contribution in [2.45, 2.75) is 26.3 Å². The Morgan fingerprint density at radius 2 is 1.90 bits per heavy atom. The lowest BCUT2D eigenvalue weighted by molar-refractivity contribution is -0.121. The standard InChI is InChI=1S/C21H20N4O3S/c1-2-10-27-20-17(11-16-8-9-18-19(12-16)24-29-23-18)21(28-14-26)25(22-20)13-15-6-4-3-5-7-15/h3-9,12,14H,2,10-11,13H2,1H3. The average molecular weight is 408 g/mol. The van der Waals surface area contributed by atoms with E-state index >= 15 is 0 Å². The number of rotatable bonds is 9. The molecular formula is C21H20N4O3S. The zero-order chi connectivity index (χ0) is 20.1. The van der Waals surface area contributed by atoms with Crippen molar-refractivity contribution in [1.82, 2.24) is 18.5 Å². The van der Waals surface area contributed by atoms with Crippen LogP contribution in [-0.4, -0.2) is 31.6 Å². The lowest BCUT2D eigenvalue weighted by Gasteiger charge is -2.08. The summed E-state index contributed by atoms with van der Waals surface area (Å²) in [6.07, 6.45) is 1.36. The van der Waals surface area contributed by atoms with Crippen molar-refractivity contribution in [2.24, 2.45) is 0 Å². The minimum absolute atomic E-state index is 0.395. The zero-order valence-electron chi connectivity index (χ0n) is 15.9. The maximum absolute atomic E-state index is 11.2. The molecule has 2 aromatic carbocycles. The predicted octanol–water partition coefficient (Wildman–Crippen LogP) is 3.85. The predicted molar refractivity (Wildman–Crippen MR) is 110 cm³/mol. The molecule has 29 heavy (non-hydrogen) atoms. The molecule has 2 heterocycles. The van der Waals surface area contributed by atoms with Crippen molar-refractivity contribution < 1.29 is 14.3 Å². The van der Waals surface area contributed by atoms with Gasteiger partial charge in [0, 0.05) is 6.42 Å². The van der Waals surface area contributed by atoms with Gasteiger partial charge in [-0.3, -0.25) is 4.79 Å². The molecule has 4 aromatic rings. The third-order valence-electron chi connectivity index (χ3n) is 4.44. The van der Waals surface area contributed by atoms with Crippen molar-refractivity contribution >= 4 is 29.2 Å². The number of ether oxygens (including phenoxy) is 2. The molecule has 0 aliphatic carbocycles. The molecule has 0 bridgehead atoms. The highest BCUT2D eigenvalue weighted by Gasteiger charge is 2.22. The molecule has 0 atom stereocenters. The van der Waals surface area contributed by atoms with Crippen LogP contribution in [0.1, 0.15) is 30.0 Å². The second-order valence-electron chi connectivity index (χ2n) is 6.56. The normalized spacial score (nSPS) is 10.9. The summed E-state index contributed by atoms with van der Waals surface area (Å²) in [6.45, 7) is 3.47. The van der Waals surface area contributed by atoms with Gasteiger partial charge in [-0.1, -0.05) is 43.3 Å². The number of hydrogen-bond acceptors (Lipinski definition) is 7. The molecule has 0 aliphatic heterocycles. The number of carbonyl (C=O) groups is 1. The van der Waals surface area contributed by atoms with Crippen LogP contribution in [0.5, 0.6) is 11.8 Å². The molecule has 0 N–H and O–H groups in total. The van der Waals surface area contributed by atoms with E-state index in [-0.39, 0.29) is 0 Å². The van der Waals surface area contributed by atoms with Crippen LogP contribution in [0.15, 0.2) is 48.5 Å². The van der Waals surface area contributed by atoms with Gasteiger partial charge in [-0.25, -0.2) is 4.68 Å². The van der Waals surface area contributed by atoms with Crippen molar-refractivity contribution in [1.29, 1.82) is 0 Å². The van der Waals surface area contributed by atoms with E-state index in [1.54, 1.807) is 4.68 Å². The molecule has 0 radical (unpaired) electrons. The monoisotopic (exact) mass is 408 g/mol. The summed E-state index contributed by atoms with van der Waals surface area (Å²) in [5.41, 5.74) is 4.52. The number of nitrogens with zero attached hydrogens (tertiary/aromatic N) is 4. The van der Waals surface area contributed by atoms with E-state index in [1.165, 1.54) is 11.7 Å². The Labute approximate surface area is 172 Å². The van der Waals surface area contributed by atoms with Crippen molar-refractivity contribution in [3.8, 4) is 11.8 Å². The molecule has 8 heteroatoms. The van der Waals surface area contributed by atoms with Crippen LogP contribution >= 0.6 is 11.7 Å². The van der Waals surface area contributed by atoms with Gasteiger partial charge in [-0.2, -0.15) is 8.75 Å². The van der Waals surface area contributed by atoms with Crippen molar-refractivity contribution in [3.63, 3.8) is 0 Å². The molecular weight excluding hydrogens is 388 g/mol. The molecule has 0 saturated heterocycles. The van der Waals surface area contributed by atoms with Gasteiger partial charge in [0.05, 0.1) is 30.4 Å². The molecule has 2 aromatic heterocycles. The van der Waals surface area contributed by atoms with Gasteiger partial charge in [0.15, 0.2) is 0 Å². The molecule has 0 aliphatic rings. The van der Waals surface area contributed by atoms with Crippen molar-refractivity contribution in [3.05, 3.63) is 65.2 Å². The number of aromatic nitrogens is 4. The lowest BCUT2D eigenvalue weighted by atomic mass is 10.1. The Morgan fingerprint density at radius 3 is 2.69 bits per heavy atom. The Balaban J connectivity index is 1.72. The molecule has 0 spiro atoms. The SMILES string of the molecule is CCCOc1nn(Cc2ccccc2)c(OC=O)c1Cc1ccc2nsnc2c1. The number of benzene rings is 2. The van der Waals surface area contributed by atoms with E-state index < -0.39 is 0 Å². The van der Waals surface area contributed by atoms with E-state index in [9.17, 15) is 4.79 Å². The average Bonchev–Trinajstić information content (AvgIpc) is 3.33. The largest absolute Gasteiger partial charge is 0.476 e. The lowest BCUT2D eigenvalue weighted by Crippen LogP contribution is -2.06. The van der Waals surface area contributed by atoms with Gasteiger partial charge in [0.2, 0.25) is 11.8 Å². The molecule has 148 valence electrons. The maximum Gasteiger partial charge on any atom is 0.299 e. The maximum atomic E-state index is 11.2. The van der Waals surface area contributed by atoms with Gasteiger partial charge >= 0.3 is 0 Å². The first kappa shape index (κ1) is 19.1. The van der Waals surface area contributed by atoms with E-state index in [4.69, 9.17) is 9.47 Å². The van der Waals surface area contributed by atoms with Gasteiger partial charge in [-0.15, -0.1) is 5.10 Å². The van der Waals surface area contributed by atoms with Crippen LogP contribution in [-0.2, 0) is 17.8 Å². The van der Waals surface area contributed by atoms with E-state index in [1.807, 2.05) is 55.5 Å². The summed E-state index contributed by atoms with van der Waals surface area (Å²) in [4.78, 5) is 11.2. The first-order chi connectivity index (χ1) is 14.3. The summed E-state index contributed by atoms with van der Waals surface area (Å²) >= 11 is 1.19. The van der Waals surface area contributed by atoms with Gasteiger partial charge in [0.1, 0.15) is 11.0 Å². The summed E-state index contributed by atoms with van der Waals surface area (Å²) in [5, 5.41) is 4.59. The third-order valence-corrected chi connectivity index (χ3v) is 5.00. The number of hydrogen-bond donors (Lipinski definition) is 0. The quantitative estimate of drug-likeness (QED) is 0.392. The molecule has 0 amide bonds. The molecule has 7 nitrogen and oxygen atoms in total.